The molecular formula is C27H42N12O7. The second kappa shape index (κ2) is 22.1. The third-order valence-electron chi connectivity index (χ3n) is 5.45. The van der Waals surface area contributed by atoms with Gasteiger partial charge in [-0.2, -0.15) is 0 Å². The number of rotatable bonds is 14. The molecule has 46 heavy (non-hydrogen) atoms. The summed E-state index contributed by atoms with van der Waals surface area (Å²) in [6.45, 7) is 2.80. The maximum atomic E-state index is 9.09. The SMILES string of the molecule is CC(O)CNc1ccc(C(N)=NO)cn1.NC(=NO)c1ccc(NCC(O)CO)nc1.NC(=NO)c1ccc(NCCCO)nc1. The normalized spacial score (nSPS) is 12.8. The van der Waals surface area contributed by atoms with Gasteiger partial charge in [0.25, 0.3) is 0 Å². The molecule has 0 aromatic carbocycles. The molecule has 3 rings (SSSR count). The first kappa shape index (κ1) is 38.5. The zero-order valence-electron chi connectivity index (χ0n) is 25.1. The summed E-state index contributed by atoms with van der Waals surface area (Å²) in [5.74, 6) is 1.88. The van der Waals surface area contributed by atoms with Crippen LogP contribution in [0.1, 0.15) is 30.0 Å². The standard InChI is InChI=1S/C9H14N4O3.2C9H14N4O2/c10-9(13-16)6-1-2-8(11-3-6)12-4-7(15)5-14;1-6(14)4-11-8-3-2-7(5-12-8)9(10)13-15;10-9(13-15)7-2-3-8(12-6-7)11-4-1-5-14/h1-3,7,14-16H,4-5H2,(H2,10,13)(H,11,12);2-3,5-6,14-15H,4H2,1H3,(H2,10,13)(H,11,12);2-3,6,14-15H,1,4-5H2,(H2,10,13)(H,11,12). The van der Waals surface area contributed by atoms with E-state index in [1.807, 2.05) is 0 Å². The Balaban J connectivity index is 0.000000345. The fourth-order valence-corrected chi connectivity index (χ4v) is 2.96. The second-order valence-electron chi connectivity index (χ2n) is 9.20. The molecule has 0 bridgehead atoms. The highest BCUT2D eigenvalue weighted by molar-refractivity contribution is 5.97. The molecule has 0 saturated carbocycles. The summed E-state index contributed by atoms with van der Waals surface area (Å²) < 4.78 is 0. The highest BCUT2D eigenvalue weighted by Gasteiger charge is 2.04. The number of aromatic nitrogens is 3. The molecule has 19 heteroatoms. The molecule has 3 heterocycles. The predicted octanol–water partition coefficient (Wildman–Crippen LogP) is -1.12. The molecule has 0 spiro atoms. The van der Waals surface area contributed by atoms with Crippen molar-refractivity contribution in [2.75, 3.05) is 48.8 Å². The van der Waals surface area contributed by atoms with Gasteiger partial charge >= 0.3 is 0 Å². The lowest BCUT2D eigenvalue weighted by molar-refractivity contribution is 0.105. The average molecular weight is 647 g/mol. The molecule has 252 valence electrons. The van der Waals surface area contributed by atoms with Crippen LogP contribution < -0.4 is 33.2 Å². The number of aliphatic hydroxyl groups is 4. The molecule has 0 amide bonds. The van der Waals surface area contributed by atoms with E-state index in [0.29, 0.717) is 53.7 Å². The van der Waals surface area contributed by atoms with Crippen LogP contribution in [0.4, 0.5) is 17.5 Å². The minimum atomic E-state index is -0.828. The van der Waals surface area contributed by atoms with E-state index >= 15 is 0 Å². The molecule has 3 aromatic rings. The Morgan fingerprint density at radius 1 is 0.674 bits per heavy atom. The van der Waals surface area contributed by atoms with Crippen LogP contribution in [0.2, 0.25) is 0 Å². The summed E-state index contributed by atoms with van der Waals surface area (Å²) in [6, 6.07) is 10.0. The molecule has 2 unspecified atom stereocenters. The van der Waals surface area contributed by atoms with Crippen molar-refractivity contribution in [1.29, 1.82) is 0 Å². The van der Waals surface area contributed by atoms with E-state index < -0.39 is 12.2 Å². The van der Waals surface area contributed by atoms with Gasteiger partial charge in [0.05, 0.1) is 18.8 Å². The summed E-state index contributed by atoms with van der Waals surface area (Å²) in [6.07, 6.45) is 3.84. The van der Waals surface area contributed by atoms with Gasteiger partial charge in [0.1, 0.15) is 17.5 Å². The number of nitrogens with two attached hydrogens (primary N) is 3. The zero-order chi connectivity index (χ0) is 34.3. The van der Waals surface area contributed by atoms with Crippen LogP contribution >= 0.6 is 0 Å². The monoisotopic (exact) mass is 646 g/mol. The maximum absolute atomic E-state index is 9.09. The van der Waals surface area contributed by atoms with Crippen molar-refractivity contribution in [1.82, 2.24) is 15.0 Å². The van der Waals surface area contributed by atoms with Crippen LogP contribution in [-0.2, 0) is 0 Å². The molecule has 2 atom stereocenters. The molecule has 3 aromatic heterocycles. The van der Waals surface area contributed by atoms with E-state index in [2.05, 4.69) is 46.4 Å². The van der Waals surface area contributed by atoms with Crippen molar-refractivity contribution in [3.63, 3.8) is 0 Å². The minimum Gasteiger partial charge on any atom is -0.409 e. The second-order valence-corrected chi connectivity index (χ2v) is 9.20. The fourth-order valence-electron chi connectivity index (χ4n) is 2.96. The van der Waals surface area contributed by atoms with Gasteiger partial charge in [-0.25, -0.2) is 15.0 Å². The first-order valence-corrected chi connectivity index (χ1v) is 13.7. The molecule has 16 N–H and O–H groups in total. The van der Waals surface area contributed by atoms with Crippen LogP contribution in [-0.4, -0.2) is 114 Å². The van der Waals surface area contributed by atoms with Crippen molar-refractivity contribution in [2.45, 2.75) is 25.6 Å². The lowest BCUT2D eigenvalue weighted by atomic mass is 10.2. The van der Waals surface area contributed by atoms with Crippen LogP contribution in [0.3, 0.4) is 0 Å². The van der Waals surface area contributed by atoms with Gasteiger partial charge in [-0.1, -0.05) is 15.5 Å². The molecule has 0 aliphatic heterocycles. The van der Waals surface area contributed by atoms with Crippen LogP contribution in [0.25, 0.3) is 0 Å². The minimum absolute atomic E-state index is 0.0181. The van der Waals surface area contributed by atoms with Crippen molar-refractivity contribution < 1.29 is 36.0 Å². The number of oxime groups is 3. The van der Waals surface area contributed by atoms with Crippen LogP contribution in [0, 0.1) is 0 Å². The van der Waals surface area contributed by atoms with Crippen LogP contribution in [0.5, 0.6) is 0 Å². The van der Waals surface area contributed by atoms with E-state index in [0.717, 1.165) is 0 Å². The van der Waals surface area contributed by atoms with Crippen molar-refractivity contribution in [3.05, 3.63) is 71.7 Å². The Hall–Kier alpha value is -5.50. The number of hydrogen-bond acceptors (Lipinski definition) is 16. The maximum Gasteiger partial charge on any atom is 0.171 e. The molecule has 0 fully saturated rings. The number of anilines is 3. The number of nitrogens with one attached hydrogen (secondary N) is 3. The highest BCUT2D eigenvalue weighted by atomic mass is 16.4. The number of amidine groups is 3. The van der Waals surface area contributed by atoms with E-state index in [1.165, 1.54) is 18.6 Å². The van der Waals surface area contributed by atoms with E-state index in [4.69, 9.17) is 53.2 Å². The number of nitrogens with zero attached hydrogens (tertiary/aromatic N) is 6. The van der Waals surface area contributed by atoms with Gasteiger partial charge in [-0.3, -0.25) is 0 Å². The third kappa shape index (κ3) is 15.3. The highest BCUT2D eigenvalue weighted by Crippen LogP contribution is 2.06. The van der Waals surface area contributed by atoms with Gasteiger partial charge in [0.15, 0.2) is 17.5 Å². The van der Waals surface area contributed by atoms with Gasteiger partial charge in [0, 0.05) is 61.5 Å². The fraction of sp³-hybridized carbons (Fsp3) is 0.333. The lowest BCUT2D eigenvalue weighted by Gasteiger charge is -2.09. The molecule has 0 aliphatic rings. The summed E-state index contributed by atoms with van der Waals surface area (Å²) in [5.41, 5.74) is 17.7. The summed E-state index contributed by atoms with van der Waals surface area (Å²) >= 11 is 0. The molecular weight excluding hydrogens is 604 g/mol. The summed E-state index contributed by atoms with van der Waals surface area (Å²) in [5, 5.41) is 77.9. The predicted molar refractivity (Wildman–Crippen MR) is 172 cm³/mol. The van der Waals surface area contributed by atoms with Crippen LogP contribution in [0.15, 0.2) is 70.5 Å². The summed E-state index contributed by atoms with van der Waals surface area (Å²) in [4.78, 5) is 12.1. The molecule has 0 saturated heterocycles. The van der Waals surface area contributed by atoms with E-state index in [1.54, 1.807) is 43.3 Å². The topological polar surface area (TPSA) is 332 Å². The van der Waals surface area contributed by atoms with E-state index in [-0.39, 0.29) is 37.3 Å². The van der Waals surface area contributed by atoms with Crippen molar-refractivity contribution >= 4 is 35.0 Å². The Bertz CT molecular complexity index is 1340. The zero-order valence-corrected chi connectivity index (χ0v) is 25.1. The Kier molecular flexibility index (Phi) is 18.5. The lowest BCUT2D eigenvalue weighted by Crippen LogP contribution is -2.23. The van der Waals surface area contributed by atoms with Gasteiger partial charge < -0.3 is 69.2 Å². The van der Waals surface area contributed by atoms with E-state index in [9.17, 15) is 0 Å². The van der Waals surface area contributed by atoms with Gasteiger partial charge in [0.2, 0.25) is 0 Å². The number of aliphatic hydroxyl groups excluding tert-OH is 4. The first-order valence-electron chi connectivity index (χ1n) is 13.7. The van der Waals surface area contributed by atoms with Gasteiger partial charge in [-0.15, -0.1) is 0 Å². The number of hydrogen-bond donors (Lipinski definition) is 13. The Labute approximate surface area is 264 Å². The van der Waals surface area contributed by atoms with Gasteiger partial charge in [-0.05, 0) is 49.7 Å². The average Bonchev–Trinajstić information content (AvgIpc) is 3.10. The molecule has 19 nitrogen and oxygen atoms in total. The molecule has 0 radical (unpaired) electrons. The quantitative estimate of drug-likeness (QED) is 0.0324. The third-order valence-corrected chi connectivity index (χ3v) is 5.45. The van der Waals surface area contributed by atoms with Crippen molar-refractivity contribution in [3.8, 4) is 0 Å². The number of pyridine rings is 3. The first-order chi connectivity index (χ1) is 22.1. The summed E-state index contributed by atoms with van der Waals surface area (Å²) in [7, 11) is 0. The largest absolute Gasteiger partial charge is 0.409 e. The Morgan fingerprint density at radius 3 is 1.37 bits per heavy atom. The smallest absolute Gasteiger partial charge is 0.171 e. The Morgan fingerprint density at radius 2 is 1.07 bits per heavy atom. The van der Waals surface area contributed by atoms with Crippen molar-refractivity contribution in [2.24, 2.45) is 32.7 Å². The molecule has 0 aliphatic carbocycles.